The molecule has 86 valence electrons. The van der Waals surface area contributed by atoms with Crippen molar-refractivity contribution in [1.82, 2.24) is 0 Å². The first-order valence-corrected chi connectivity index (χ1v) is 6.27. The van der Waals surface area contributed by atoms with Gasteiger partial charge in [0.15, 0.2) is 11.5 Å². The van der Waals surface area contributed by atoms with E-state index in [1.165, 1.54) is 7.11 Å². The number of ether oxygens (including phenoxy) is 2. The summed E-state index contributed by atoms with van der Waals surface area (Å²) in [5, 5.41) is 0.693. The van der Waals surface area contributed by atoms with Gasteiger partial charge in [-0.25, -0.2) is 0 Å². The van der Waals surface area contributed by atoms with Crippen LogP contribution >= 0.6 is 7.80 Å². The minimum absolute atomic E-state index is 0.170. The second-order valence-corrected chi connectivity index (χ2v) is 4.85. The first-order chi connectivity index (χ1) is 7.67. The molecule has 0 fully saturated rings. The zero-order chi connectivity index (χ0) is 12.0. The van der Waals surface area contributed by atoms with Gasteiger partial charge in [-0.15, -0.1) is 0 Å². The Bertz CT molecular complexity index is 389. The molecular weight excluding hydrogens is 227 g/mol. The highest BCUT2D eigenvalue weighted by atomic mass is 31.1. The van der Waals surface area contributed by atoms with Crippen LogP contribution in [0, 0.1) is 0 Å². The second kappa shape index (κ2) is 6.23. The lowest BCUT2D eigenvalue weighted by Crippen LogP contribution is -2.05. The van der Waals surface area contributed by atoms with E-state index in [4.69, 9.17) is 4.74 Å². The van der Waals surface area contributed by atoms with Crippen LogP contribution in [-0.4, -0.2) is 26.4 Å². The van der Waals surface area contributed by atoms with Crippen molar-refractivity contribution >= 4 is 19.1 Å². The van der Waals surface area contributed by atoms with E-state index >= 15 is 0 Å². The van der Waals surface area contributed by atoms with Crippen LogP contribution in [0.15, 0.2) is 24.3 Å². The fourth-order valence-electron chi connectivity index (χ4n) is 1.19. The lowest BCUT2D eigenvalue weighted by atomic mass is 10.3. The molecular formula is C11H14O4P+. The molecule has 0 saturated carbocycles. The summed E-state index contributed by atoms with van der Waals surface area (Å²) in [6, 6.07) is 7.04. The molecule has 1 aromatic carbocycles. The van der Waals surface area contributed by atoms with Crippen molar-refractivity contribution in [2.75, 3.05) is 20.4 Å². The van der Waals surface area contributed by atoms with Crippen LogP contribution in [0.1, 0.15) is 6.42 Å². The fourth-order valence-corrected chi connectivity index (χ4v) is 2.36. The van der Waals surface area contributed by atoms with Gasteiger partial charge in [-0.05, 0) is 12.1 Å². The van der Waals surface area contributed by atoms with Crippen molar-refractivity contribution in [1.29, 1.82) is 0 Å². The Hall–Kier alpha value is -1.41. The molecule has 0 radical (unpaired) electrons. The molecule has 0 aliphatic carbocycles. The van der Waals surface area contributed by atoms with Crippen molar-refractivity contribution < 1.29 is 18.8 Å². The normalized spacial score (nSPS) is 10.8. The summed E-state index contributed by atoms with van der Waals surface area (Å²) in [6.45, 7) is 0. The molecule has 5 heteroatoms. The third kappa shape index (κ3) is 3.63. The highest BCUT2D eigenvalue weighted by Crippen LogP contribution is 2.23. The molecule has 0 aliphatic heterocycles. The van der Waals surface area contributed by atoms with Gasteiger partial charge >= 0.3 is 13.8 Å². The summed E-state index contributed by atoms with van der Waals surface area (Å²) in [6.07, 6.45) is 0.470. The predicted octanol–water partition coefficient (Wildman–Crippen LogP) is 1.71. The second-order valence-electron chi connectivity index (χ2n) is 3.13. The third-order valence-corrected chi connectivity index (χ3v) is 3.57. The van der Waals surface area contributed by atoms with Crippen molar-refractivity contribution in [3.63, 3.8) is 0 Å². The van der Waals surface area contributed by atoms with Crippen LogP contribution in [0.4, 0.5) is 0 Å². The van der Waals surface area contributed by atoms with Gasteiger partial charge in [-0.3, -0.25) is 4.79 Å². The smallest absolute Gasteiger partial charge is 0.377 e. The molecule has 0 heterocycles. The summed E-state index contributed by atoms with van der Waals surface area (Å²) >= 11 is 0. The van der Waals surface area contributed by atoms with Gasteiger partial charge in [0.2, 0.25) is 0 Å². The van der Waals surface area contributed by atoms with E-state index in [1.54, 1.807) is 31.4 Å². The highest BCUT2D eigenvalue weighted by molar-refractivity contribution is 7.53. The molecule has 4 nitrogen and oxygen atoms in total. The SMILES string of the molecule is COC(=O)CC[P+](=O)c1cccc(OC)c1. The molecule has 1 atom stereocenters. The van der Waals surface area contributed by atoms with Crippen molar-refractivity contribution in [2.45, 2.75) is 6.42 Å². The van der Waals surface area contributed by atoms with Gasteiger partial charge in [0.05, 0.1) is 20.6 Å². The highest BCUT2D eigenvalue weighted by Gasteiger charge is 2.21. The first-order valence-electron chi connectivity index (χ1n) is 4.83. The maximum atomic E-state index is 11.8. The number of hydrogen-bond acceptors (Lipinski definition) is 4. The van der Waals surface area contributed by atoms with E-state index in [0.29, 0.717) is 17.2 Å². The number of rotatable bonds is 5. The standard InChI is InChI=1S/C11H14O4P/c1-14-9-4-3-5-10(8-9)16(13)7-6-11(12)15-2/h3-5,8H,6-7H2,1-2H3/q+1. The summed E-state index contributed by atoms with van der Waals surface area (Å²) in [4.78, 5) is 10.9. The van der Waals surface area contributed by atoms with E-state index in [2.05, 4.69) is 4.74 Å². The zero-order valence-corrected chi connectivity index (χ0v) is 10.2. The molecule has 0 aliphatic rings. The summed E-state index contributed by atoms with van der Waals surface area (Å²) in [5.74, 6) is 0.324. The quantitative estimate of drug-likeness (QED) is 0.581. The van der Waals surface area contributed by atoms with Gasteiger partial charge in [0.1, 0.15) is 5.75 Å². The predicted molar refractivity (Wildman–Crippen MR) is 61.7 cm³/mol. The van der Waals surface area contributed by atoms with Crippen molar-refractivity contribution in [3.05, 3.63) is 24.3 Å². The number of benzene rings is 1. The number of carbonyl (C=O) groups excluding carboxylic acids is 1. The summed E-state index contributed by atoms with van der Waals surface area (Å²) in [7, 11) is 1.31. The van der Waals surface area contributed by atoms with Gasteiger partial charge in [0.25, 0.3) is 0 Å². The average molecular weight is 241 g/mol. The number of hydrogen-bond donors (Lipinski definition) is 0. The zero-order valence-electron chi connectivity index (χ0n) is 9.30. The largest absolute Gasteiger partial charge is 0.497 e. The van der Waals surface area contributed by atoms with Crippen LogP contribution < -0.4 is 10.0 Å². The number of carbonyl (C=O) groups is 1. The Morgan fingerprint density at radius 2 is 2.12 bits per heavy atom. The lowest BCUT2D eigenvalue weighted by molar-refractivity contribution is -0.140. The molecule has 16 heavy (non-hydrogen) atoms. The molecule has 1 unspecified atom stereocenters. The van der Waals surface area contributed by atoms with Crippen LogP contribution in [0.2, 0.25) is 0 Å². The minimum Gasteiger partial charge on any atom is -0.497 e. The van der Waals surface area contributed by atoms with E-state index in [1.807, 2.05) is 0 Å². The molecule has 0 N–H and O–H groups in total. The van der Waals surface area contributed by atoms with Gasteiger partial charge in [-0.1, -0.05) is 10.6 Å². The van der Waals surface area contributed by atoms with Crippen LogP contribution in [0.3, 0.4) is 0 Å². The lowest BCUT2D eigenvalue weighted by Gasteiger charge is -1.97. The van der Waals surface area contributed by atoms with Gasteiger partial charge in [-0.2, -0.15) is 0 Å². The number of esters is 1. The maximum absolute atomic E-state index is 11.8. The Morgan fingerprint density at radius 1 is 1.38 bits per heavy atom. The molecule has 0 spiro atoms. The Balaban J connectivity index is 2.62. The molecule has 0 bridgehead atoms. The Morgan fingerprint density at radius 3 is 2.75 bits per heavy atom. The Kier molecular flexibility index (Phi) is 4.93. The maximum Gasteiger partial charge on any atom is 0.377 e. The van der Waals surface area contributed by atoms with E-state index < -0.39 is 7.80 Å². The Labute approximate surface area is 95.3 Å². The molecule has 0 saturated heterocycles. The molecule has 1 aromatic rings. The third-order valence-electron chi connectivity index (χ3n) is 2.09. The number of methoxy groups -OCH3 is 2. The van der Waals surface area contributed by atoms with Crippen LogP contribution in [-0.2, 0) is 14.1 Å². The fraction of sp³-hybridized carbons (Fsp3) is 0.364. The van der Waals surface area contributed by atoms with E-state index in [0.717, 1.165) is 0 Å². The van der Waals surface area contributed by atoms with Crippen LogP contribution in [0.25, 0.3) is 0 Å². The summed E-state index contributed by atoms with van der Waals surface area (Å²) in [5.41, 5.74) is 0. The first kappa shape index (κ1) is 12.7. The molecule has 1 rings (SSSR count). The molecule has 0 aromatic heterocycles. The monoisotopic (exact) mass is 241 g/mol. The van der Waals surface area contributed by atoms with E-state index in [-0.39, 0.29) is 12.4 Å². The molecule has 0 amide bonds. The van der Waals surface area contributed by atoms with Gasteiger partial charge in [0, 0.05) is 6.07 Å². The van der Waals surface area contributed by atoms with Gasteiger partial charge < -0.3 is 9.47 Å². The van der Waals surface area contributed by atoms with Crippen molar-refractivity contribution in [2.24, 2.45) is 0 Å². The topological polar surface area (TPSA) is 52.6 Å². The summed E-state index contributed by atoms with van der Waals surface area (Å²) < 4.78 is 21.3. The van der Waals surface area contributed by atoms with Crippen LogP contribution in [0.5, 0.6) is 5.75 Å². The minimum atomic E-state index is -1.57. The average Bonchev–Trinajstić information content (AvgIpc) is 2.35. The van der Waals surface area contributed by atoms with E-state index in [9.17, 15) is 9.36 Å². The van der Waals surface area contributed by atoms with Crippen molar-refractivity contribution in [3.8, 4) is 5.75 Å².